The van der Waals surface area contributed by atoms with Crippen LogP contribution >= 0.6 is 0 Å². The summed E-state index contributed by atoms with van der Waals surface area (Å²) >= 11 is 0. The molecule has 2 aromatic heterocycles. The molecule has 120 valence electrons. The first kappa shape index (κ1) is 14.4. The normalized spacial score (nSPS) is 11.1. The molecule has 0 radical (unpaired) electrons. The van der Waals surface area contributed by atoms with Crippen molar-refractivity contribution < 1.29 is 4.74 Å². The van der Waals surface area contributed by atoms with E-state index in [4.69, 9.17) is 4.74 Å². The van der Waals surface area contributed by atoms with Crippen molar-refractivity contribution in [1.82, 2.24) is 19.7 Å². The molecule has 24 heavy (non-hydrogen) atoms. The van der Waals surface area contributed by atoms with Gasteiger partial charge in [0, 0.05) is 30.6 Å². The van der Waals surface area contributed by atoms with Crippen LogP contribution in [0, 0.1) is 0 Å². The fourth-order valence-corrected chi connectivity index (χ4v) is 2.81. The van der Waals surface area contributed by atoms with Crippen LogP contribution in [0.3, 0.4) is 0 Å². The molecule has 4 rings (SSSR count). The maximum Gasteiger partial charge on any atom is 0.137 e. The molecule has 4 aromatic rings. The first-order chi connectivity index (χ1) is 11.7. The van der Waals surface area contributed by atoms with Gasteiger partial charge in [0.2, 0.25) is 0 Å². The predicted octanol–water partition coefficient (Wildman–Crippen LogP) is 3.14. The first-order valence-electron chi connectivity index (χ1n) is 7.68. The first-order valence-corrected chi connectivity index (χ1v) is 7.68. The van der Waals surface area contributed by atoms with E-state index in [0.717, 1.165) is 38.9 Å². The van der Waals surface area contributed by atoms with E-state index in [0.29, 0.717) is 6.54 Å². The Morgan fingerprint density at radius 3 is 2.92 bits per heavy atom. The minimum absolute atomic E-state index is 0.661. The number of nitrogens with one attached hydrogen (secondary N) is 1. The summed E-state index contributed by atoms with van der Waals surface area (Å²) in [7, 11) is 3.59. The number of hydrogen-bond donors (Lipinski definition) is 1. The maximum absolute atomic E-state index is 5.26. The summed E-state index contributed by atoms with van der Waals surface area (Å²) in [5.41, 5.74) is 2.94. The fourth-order valence-electron chi connectivity index (χ4n) is 2.81. The lowest BCUT2D eigenvalue weighted by molar-refractivity contribution is 0.414. The van der Waals surface area contributed by atoms with Crippen molar-refractivity contribution in [2.24, 2.45) is 7.05 Å². The van der Waals surface area contributed by atoms with Gasteiger partial charge in [-0.05, 0) is 29.8 Å². The van der Waals surface area contributed by atoms with Gasteiger partial charge in [0.05, 0.1) is 18.1 Å². The van der Waals surface area contributed by atoms with Gasteiger partial charge in [-0.15, -0.1) is 0 Å². The third-order valence-electron chi connectivity index (χ3n) is 3.97. The predicted molar refractivity (Wildman–Crippen MR) is 94.1 cm³/mol. The molecule has 0 aliphatic heterocycles. The highest BCUT2D eigenvalue weighted by atomic mass is 16.5. The Balaban J connectivity index is 1.69. The molecule has 0 amide bonds. The van der Waals surface area contributed by atoms with E-state index in [-0.39, 0.29) is 0 Å². The Labute approximate surface area is 139 Å². The van der Waals surface area contributed by atoms with Gasteiger partial charge in [-0.25, -0.2) is 9.97 Å². The average molecular weight is 319 g/mol. The Hall–Kier alpha value is -3.15. The van der Waals surface area contributed by atoms with Gasteiger partial charge in [0.15, 0.2) is 0 Å². The van der Waals surface area contributed by atoms with E-state index in [2.05, 4.69) is 32.5 Å². The van der Waals surface area contributed by atoms with Crippen molar-refractivity contribution in [3.8, 4) is 5.75 Å². The third-order valence-corrected chi connectivity index (χ3v) is 3.97. The molecule has 0 aliphatic carbocycles. The lowest BCUT2D eigenvalue weighted by Crippen LogP contribution is -2.02. The van der Waals surface area contributed by atoms with Crippen molar-refractivity contribution >= 4 is 27.6 Å². The van der Waals surface area contributed by atoms with Gasteiger partial charge >= 0.3 is 0 Å². The molecule has 0 atom stereocenters. The molecule has 2 heterocycles. The summed E-state index contributed by atoms with van der Waals surface area (Å²) in [6.45, 7) is 0.661. The van der Waals surface area contributed by atoms with Gasteiger partial charge in [-0.3, -0.25) is 4.68 Å². The van der Waals surface area contributed by atoms with Crippen LogP contribution in [0.25, 0.3) is 21.8 Å². The summed E-state index contributed by atoms with van der Waals surface area (Å²) < 4.78 is 7.07. The van der Waals surface area contributed by atoms with E-state index in [1.807, 2.05) is 37.5 Å². The minimum atomic E-state index is 0.661. The van der Waals surface area contributed by atoms with Crippen LogP contribution in [-0.2, 0) is 13.6 Å². The summed E-state index contributed by atoms with van der Waals surface area (Å²) in [5.74, 6) is 1.66. The molecule has 6 heteroatoms. The van der Waals surface area contributed by atoms with Gasteiger partial charge in [0.25, 0.3) is 0 Å². The lowest BCUT2D eigenvalue weighted by atomic mass is 10.1. The van der Waals surface area contributed by atoms with Gasteiger partial charge in [-0.1, -0.05) is 12.1 Å². The molecule has 0 saturated heterocycles. The van der Waals surface area contributed by atoms with Gasteiger partial charge in [-0.2, -0.15) is 5.10 Å². The molecular weight excluding hydrogens is 302 g/mol. The zero-order valence-electron chi connectivity index (χ0n) is 13.5. The molecule has 1 N–H and O–H groups in total. The molecule has 0 unspecified atom stereocenters. The second kappa shape index (κ2) is 5.81. The SMILES string of the molecule is COc1cccc(CNc2ncnc3cc4nn(C)cc4cc23)c1. The van der Waals surface area contributed by atoms with Crippen molar-refractivity contribution in [3.63, 3.8) is 0 Å². The van der Waals surface area contributed by atoms with Crippen LogP contribution in [0.5, 0.6) is 5.75 Å². The van der Waals surface area contributed by atoms with Crippen LogP contribution in [0.1, 0.15) is 5.56 Å². The highest BCUT2D eigenvalue weighted by molar-refractivity contribution is 5.99. The standard InChI is InChI=1S/C18H17N5O/c1-23-10-13-7-15-17(8-16(13)22-23)20-11-21-18(15)19-9-12-4-3-5-14(6-12)24-2/h3-8,10-11H,9H2,1-2H3,(H,19,20,21). The van der Waals surface area contributed by atoms with Crippen molar-refractivity contribution in [3.05, 3.63) is 54.5 Å². The van der Waals surface area contributed by atoms with E-state index < -0.39 is 0 Å². The van der Waals surface area contributed by atoms with Crippen molar-refractivity contribution in [2.75, 3.05) is 12.4 Å². The highest BCUT2D eigenvalue weighted by Crippen LogP contribution is 2.25. The number of nitrogens with zero attached hydrogens (tertiary/aromatic N) is 4. The fraction of sp³-hybridized carbons (Fsp3) is 0.167. The summed E-state index contributed by atoms with van der Waals surface area (Å²) in [6, 6.07) is 12.0. The van der Waals surface area contributed by atoms with E-state index in [1.165, 1.54) is 0 Å². The van der Waals surface area contributed by atoms with E-state index in [9.17, 15) is 0 Å². The van der Waals surface area contributed by atoms with Gasteiger partial charge in [0.1, 0.15) is 17.9 Å². The third kappa shape index (κ3) is 2.62. The van der Waals surface area contributed by atoms with E-state index in [1.54, 1.807) is 18.1 Å². The zero-order chi connectivity index (χ0) is 16.5. The number of methoxy groups -OCH3 is 1. The van der Waals surface area contributed by atoms with Crippen LogP contribution in [0.4, 0.5) is 5.82 Å². The number of ether oxygens (including phenoxy) is 1. The summed E-state index contributed by atoms with van der Waals surface area (Å²) in [4.78, 5) is 8.76. The molecular formula is C18H17N5O. The number of fused-ring (bicyclic) bond motifs is 2. The quantitative estimate of drug-likeness (QED) is 0.626. The monoisotopic (exact) mass is 319 g/mol. The smallest absolute Gasteiger partial charge is 0.137 e. The minimum Gasteiger partial charge on any atom is -0.497 e. The maximum atomic E-state index is 5.26. The van der Waals surface area contributed by atoms with Crippen LogP contribution in [0.2, 0.25) is 0 Å². The number of anilines is 1. The number of hydrogen-bond acceptors (Lipinski definition) is 5. The second-order valence-electron chi connectivity index (χ2n) is 5.66. The van der Waals surface area contributed by atoms with E-state index >= 15 is 0 Å². The lowest BCUT2D eigenvalue weighted by Gasteiger charge is -2.09. The zero-order valence-corrected chi connectivity index (χ0v) is 13.5. The van der Waals surface area contributed by atoms with Crippen molar-refractivity contribution in [2.45, 2.75) is 6.54 Å². The molecule has 0 aliphatic rings. The molecule has 0 fully saturated rings. The Morgan fingerprint density at radius 2 is 2.04 bits per heavy atom. The van der Waals surface area contributed by atoms with Crippen LogP contribution < -0.4 is 10.1 Å². The number of aryl methyl sites for hydroxylation is 1. The molecule has 6 nitrogen and oxygen atoms in total. The Morgan fingerprint density at radius 1 is 1.12 bits per heavy atom. The molecule has 0 spiro atoms. The topological polar surface area (TPSA) is 64.9 Å². The Kier molecular flexibility index (Phi) is 3.49. The Bertz CT molecular complexity index is 1020. The summed E-state index contributed by atoms with van der Waals surface area (Å²) in [5, 5.41) is 9.88. The average Bonchev–Trinajstić information content (AvgIpc) is 2.97. The van der Waals surface area contributed by atoms with Crippen LogP contribution in [-0.4, -0.2) is 26.9 Å². The number of rotatable bonds is 4. The molecule has 0 bridgehead atoms. The van der Waals surface area contributed by atoms with Crippen LogP contribution in [0.15, 0.2) is 48.9 Å². The summed E-state index contributed by atoms with van der Waals surface area (Å²) in [6.07, 6.45) is 3.57. The number of aromatic nitrogens is 4. The molecule has 2 aromatic carbocycles. The van der Waals surface area contributed by atoms with Crippen molar-refractivity contribution in [1.29, 1.82) is 0 Å². The number of benzene rings is 2. The molecule has 0 saturated carbocycles. The van der Waals surface area contributed by atoms with Gasteiger partial charge < -0.3 is 10.1 Å². The second-order valence-corrected chi connectivity index (χ2v) is 5.66. The highest BCUT2D eigenvalue weighted by Gasteiger charge is 2.08. The largest absolute Gasteiger partial charge is 0.497 e.